The molecule has 0 bridgehead atoms. The van der Waals surface area contributed by atoms with Gasteiger partial charge in [-0.2, -0.15) is 0 Å². The highest BCUT2D eigenvalue weighted by Gasteiger charge is 2.09. The maximum absolute atomic E-state index is 12.3. The molecule has 2 aromatic rings. The molecule has 0 spiro atoms. The van der Waals surface area contributed by atoms with Crippen molar-refractivity contribution in [2.45, 2.75) is 6.54 Å². The monoisotopic (exact) mass is 445 g/mol. The van der Waals surface area contributed by atoms with Crippen molar-refractivity contribution < 1.29 is 9.53 Å². The van der Waals surface area contributed by atoms with Gasteiger partial charge >= 0.3 is 0 Å². The third-order valence-electron chi connectivity index (χ3n) is 4.57. The van der Waals surface area contributed by atoms with Crippen LogP contribution in [0.3, 0.4) is 0 Å². The Hall–Kier alpha value is -2.77. The van der Waals surface area contributed by atoms with Crippen LogP contribution in [0.4, 0.5) is 0 Å². The molecule has 0 aliphatic rings. The number of carbonyl (C=O) groups excluding carboxylic acids is 1. The second-order valence-electron chi connectivity index (χ2n) is 7.38. The normalized spacial score (nSPS) is 11.4. The van der Waals surface area contributed by atoms with Crippen LogP contribution in [0.25, 0.3) is 0 Å². The number of carbonyl (C=O) groups is 1. The minimum absolute atomic E-state index is 0.0652. The fourth-order valence-corrected chi connectivity index (χ4v) is 2.95. The molecule has 168 valence electrons. The number of benzene rings is 2. The van der Waals surface area contributed by atoms with Gasteiger partial charge in [-0.25, -0.2) is 0 Å². The Labute approximate surface area is 190 Å². The first-order valence-electron chi connectivity index (χ1n) is 10.2. The predicted molar refractivity (Wildman–Crippen MR) is 127 cm³/mol. The topological polar surface area (TPSA) is 69.2 Å². The number of guanidine groups is 1. The summed E-state index contributed by atoms with van der Waals surface area (Å²) in [5.41, 5.74) is 1.66. The standard InChI is InChI=1S/C23H32ClN5O2/c1-25-23(29(4)14-15-31-21-10-8-20(24)9-11-21)27-17-18-6-5-7-19(16-18)22(30)26-12-13-28(2)3/h5-11,16H,12-15,17H2,1-4H3,(H,25,27)(H,26,30). The molecule has 31 heavy (non-hydrogen) atoms. The van der Waals surface area contributed by atoms with E-state index in [4.69, 9.17) is 16.3 Å². The number of aliphatic imine (C=N–C) groups is 1. The zero-order chi connectivity index (χ0) is 22.6. The number of amides is 1. The van der Waals surface area contributed by atoms with Crippen LogP contribution in [0.15, 0.2) is 53.5 Å². The second-order valence-corrected chi connectivity index (χ2v) is 7.82. The third kappa shape index (κ3) is 8.86. The summed E-state index contributed by atoms with van der Waals surface area (Å²) in [5.74, 6) is 1.46. The maximum atomic E-state index is 12.3. The molecule has 8 heteroatoms. The van der Waals surface area contributed by atoms with Crippen molar-refractivity contribution in [1.82, 2.24) is 20.4 Å². The lowest BCUT2D eigenvalue weighted by atomic mass is 10.1. The van der Waals surface area contributed by atoms with Crippen LogP contribution in [0, 0.1) is 0 Å². The van der Waals surface area contributed by atoms with Crippen LogP contribution in [-0.4, -0.2) is 76.1 Å². The van der Waals surface area contributed by atoms with Crippen molar-refractivity contribution in [3.05, 3.63) is 64.7 Å². The van der Waals surface area contributed by atoms with Crippen LogP contribution < -0.4 is 15.4 Å². The molecule has 0 heterocycles. The van der Waals surface area contributed by atoms with E-state index in [9.17, 15) is 4.79 Å². The Bertz CT molecular complexity index is 855. The molecule has 0 fully saturated rings. The molecule has 7 nitrogen and oxygen atoms in total. The number of hydrogen-bond acceptors (Lipinski definition) is 4. The van der Waals surface area contributed by atoms with Gasteiger partial charge in [-0.3, -0.25) is 9.79 Å². The van der Waals surface area contributed by atoms with Gasteiger partial charge in [-0.1, -0.05) is 23.7 Å². The molecule has 0 saturated carbocycles. The number of hydrogen-bond donors (Lipinski definition) is 2. The smallest absolute Gasteiger partial charge is 0.251 e. The minimum Gasteiger partial charge on any atom is -0.492 e. The zero-order valence-electron chi connectivity index (χ0n) is 18.7. The number of rotatable bonds is 10. The number of nitrogens with zero attached hydrogens (tertiary/aromatic N) is 3. The highest BCUT2D eigenvalue weighted by molar-refractivity contribution is 6.30. The lowest BCUT2D eigenvalue weighted by Crippen LogP contribution is -2.40. The van der Waals surface area contributed by atoms with Crippen molar-refractivity contribution in [2.24, 2.45) is 4.99 Å². The molecule has 0 aliphatic heterocycles. The van der Waals surface area contributed by atoms with Gasteiger partial charge in [0.1, 0.15) is 12.4 Å². The minimum atomic E-state index is -0.0652. The molecule has 0 saturated heterocycles. The van der Waals surface area contributed by atoms with Gasteiger partial charge in [-0.05, 0) is 56.1 Å². The van der Waals surface area contributed by atoms with E-state index < -0.39 is 0 Å². The first-order chi connectivity index (χ1) is 14.9. The van der Waals surface area contributed by atoms with E-state index in [1.807, 2.05) is 67.3 Å². The molecule has 2 aromatic carbocycles. The largest absolute Gasteiger partial charge is 0.492 e. The Morgan fingerprint density at radius 2 is 1.81 bits per heavy atom. The quantitative estimate of drug-likeness (QED) is 0.434. The number of ether oxygens (including phenoxy) is 1. The SMILES string of the molecule is CN=C(NCc1cccc(C(=O)NCCN(C)C)c1)N(C)CCOc1ccc(Cl)cc1. The first-order valence-corrected chi connectivity index (χ1v) is 10.6. The van der Waals surface area contributed by atoms with Crippen molar-refractivity contribution in [3.63, 3.8) is 0 Å². The van der Waals surface area contributed by atoms with E-state index in [0.717, 1.165) is 23.8 Å². The second kappa shape index (κ2) is 12.8. The van der Waals surface area contributed by atoms with Gasteiger partial charge < -0.3 is 25.2 Å². The molecular formula is C23H32ClN5O2. The Morgan fingerprint density at radius 3 is 2.48 bits per heavy atom. The molecular weight excluding hydrogens is 414 g/mol. The molecule has 1 amide bonds. The number of likely N-dealkylation sites (N-methyl/N-ethyl adjacent to an activating group) is 2. The van der Waals surface area contributed by atoms with Crippen LogP contribution in [-0.2, 0) is 6.54 Å². The zero-order valence-corrected chi connectivity index (χ0v) is 19.4. The summed E-state index contributed by atoms with van der Waals surface area (Å²) in [6, 6.07) is 14.9. The average Bonchev–Trinajstić information content (AvgIpc) is 2.75. The molecule has 0 radical (unpaired) electrons. The van der Waals surface area contributed by atoms with Gasteiger partial charge in [0, 0.05) is 44.3 Å². The van der Waals surface area contributed by atoms with Gasteiger partial charge in [-0.15, -0.1) is 0 Å². The summed E-state index contributed by atoms with van der Waals surface area (Å²) in [6.45, 7) is 3.16. The summed E-state index contributed by atoms with van der Waals surface area (Å²) in [5, 5.41) is 6.95. The molecule has 0 aromatic heterocycles. The molecule has 2 N–H and O–H groups in total. The molecule has 0 aliphatic carbocycles. The lowest BCUT2D eigenvalue weighted by molar-refractivity contribution is 0.0951. The molecule has 2 rings (SSSR count). The van der Waals surface area contributed by atoms with Crippen LogP contribution in [0.5, 0.6) is 5.75 Å². The van der Waals surface area contributed by atoms with Crippen molar-refractivity contribution in [1.29, 1.82) is 0 Å². The van der Waals surface area contributed by atoms with E-state index in [-0.39, 0.29) is 5.91 Å². The van der Waals surface area contributed by atoms with Gasteiger partial charge in [0.25, 0.3) is 5.91 Å². The van der Waals surface area contributed by atoms with Crippen LogP contribution in [0.2, 0.25) is 5.02 Å². The van der Waals surface area contributed by atoms with Crippen molar-refractivity contribution >= 4 is 23.5 Å². The molecule has 0 unspecified atom stereocenters. The van der Waals surface area contributed by atoms with E-state index in [2.05, 4.69) is 15.6 Å². The Morgan fingerprint density at radius 1 is 1.06 bits per heavy atom. The number of nitrogens with one attached hydrogen (secondary N) is 2. The van der Waals surface area contributed by atoms with Crippen molar-refractivity contribution in [3.8, 4) is 5.75 Å². The Balaban J connectivity index is 1.81. The highest BCUT2D eigenvalue weighted by atomic mass is 35.5. The summed E-state index contributed by atoms with van der Waals surface area (Å²) in [4.78, 5) is 20.7. The molecule has 0 atom stereocenters. The Kier molecular flexibility index (Phi) is 10.1. The number of halogens is 1. The highest BCUT2D eigenvalue weighted by Crippen LogP contribution is 2.15. The average molecular weight is 446 g/mol. The summed E-state index contributed by atoms with van der Waals surface area (Å²) >= 11 is 5.89. The van der Waals surface area contributed by atoms with Gasteiger partial charge in [0.2, 0.25) is 0 Å². The van der Waals surface area contributed by atoms with E-state index in [1.165, 1.54) is 0 Å². The van der Waals surface area contributed by atoms with E-state index in [1.54, 1.807) is 19.2 Å². The van der Waals surface area contributed by atoms with E-state index in [0.29, 0.717) is 36.8 Å². The summed E-state index contributed by atoms with van der Waals surface area (Å²) in [7, 11) is 7.65. The fourth-order valence-electron chi connectivity index (χ4n) is 2.82. The third-order valence-corrected chi connectivity index (χ3v) is 4.82. The lowest BCUT2D eigenvalue weighted by Gasteiger charge is -2.22. The van der Waals surface area contributed by atoms with Crippen LogP contribution in [0.1, 0.15) is 15.9 Å². The van der Waals surface area contributed by atoms with Gasteiger partial charge in [0.05, 0.1) is 6.54 Å². The maximum Gasteiger partial charge on any atom is 0.251 e. The van der Waals surface area contributed by atoms with Crippen molar-refractivity contribution in [2.75, 3.05) is 54.4 Å². The predicted octanol–water partition coefficient (Wildman–Crippen LogP) is 2.72. The van der Waals surface area contributed by atoms with Crippen LogP contribution >= 0.6 is 11.6 Å². The van der Waals surface area contributed by atoms with E-state index >= 15 is 0 Å². The summed E-state index contributed by atoms with van der Waals surface area (Å²) < 4.78 is 5.75. The fraction of sp³-hybridized carbons (Fsp3) is 0.391. The summed E-state index contributed by atoms with van der Waals surface area (Å²) in [6.07, 6.45) is 0. The first kappa shape index (κ1) is 24.5. The van der Waals surface area contributed by atoms with Gasteiger partial charge in [0.15, 0.2) is 5.96 Å².